The molecule has 0 aromatic heterocycles. The molecule has 0 bridgehead atoms. The molecule has 170 valence electrons. The van der Waals surface area contributed by atoms with E-state index in [1.807, 2.05) is 0 Å². The van der Waals surface area contributed by atoms with Gasteiger partial charge in [0.15, 0.2) is 0 Å². The number of hydrogen-bond donors (Lipinski definition) is 0. The zero-order valence-electron chi connectivity index (χ0n) is 19.8. The van der Waals surface area contributed by atoms with Crippen LogP contribution in [0.2, 0.25) is 0 Å². The van der Waals surface area contributed by atoms with Crippen molar-refractivity contribution in [2.75, 3.05) is 4.90 Å². The maximum absolute atomic E-state index is 3.81. The fourth-order valence-electron chi connectivity index (χ4n) is 4.31. The average Bonchev–Trinajstić information content (AvgIpc) is 2.82. The van der Waals surface area contributed by atoms with Gasteiger partial charge in [-0.05, 0) is 89.1 Å². The molecule has 0 saturated carbocycles. The predicted octanol–water partition coefficient (Wildman–Crippen LogP) is 10.2. The second kappa shape index (κ2) is 13.5. The number of aryl methyl sites for hydroxylation is 2. The van der Waals surface area contributed by atoms with Crippen molar-refractivity contribution in [3.8, 4) is 0 Å². The molecule has 0 unspecified atom stereocenters. The highest BCUT2D eigenvalue weighted by molar-refractivity contribution is 9.10. The number of rotatable bonds is 13. The Morgan fingerprint density at radius 2 is 1.16 bits per heavy atom. The minimum absolute atomic E-state index is 1.11. The van der Waals surface area contributed by atoms with Crippen molar-refractivity contribution >= 4 is 33.0 Å². The van der Waals surface area contributed by atoms with Crippen molar-refractivity contribution in [3.63, 3.8) is 0 Å². The van der Waals surface area contributed by atoms with Crippen LogP contribution in [0.1, 0.15) is 76.3 Å². The lowest BCUT2D eigenvalue weighted by Crippen LogP contribution is -2.11. The Hall–Kier alpha value is -2.06. The van der Waals surface area contributed by atoms with E-state index in [0.717, 1.165) is 17.3 Å². The molecule has 0 aliphatic rings. The van der Waals surface area contributed by atoms with Crippen molar-refractivity contribution in [3.05, 3.63) is 88.4 Å². The molecule has 0 fully saturated rings. The third-order valence-corrected chi connectivity index (χ3v) is 6.71. The smallest absolute Gasteiger partial charge is 0.0603 e. The number of para-hydroxylation sites is 2. The van der Waals surface area contributed by atoms with Crippen LogP contribution < -0.4 is 4.90 Å². The fourth-order valence-corrected chi connectivity index (χ4v) is 4.77. The van der Waals surface area contributed by atoms with Gasteiger partial charge in [0.25, 0.3) is 0 Å². The second-order valence-electron chi connectivity index (χ2n) is 8.75. The first-order valence-corrected chi connectivity index (χ1v) is 13.2. The summed E-state index contributed by atoms with van der Waals surface area (Å²) < 4.78 is 1.11. The van der Waals surface area contributed by atoms with Crippen LogP contribution in [0.15, 0.2) is 77.3 Å². The van der Waals surface area contributed by atoms with Gasteiger partial charge >= 0.3 is 0 Å². The topological polar surface area (TPSA) is 3.24 Å². The van der Waals surface area contributed by atoms with E-state index in [1.54, 1.807) is 0 Å². The molecule has 0 aliphatic heterocycles. The Kier molecular flexibility index (Phi) is 10.4. The summed E-state index contributed by atoms with van der Waals surface area (Å²) in [5.74, 6) is 0. The summed E-state index contributed by atoms with van der Waals surface area (Å²) in [6.45, 7) is 4.56. The second-order valence-corrected chi connectivity index (χ2v) is 9.61. The van der Waals surface area contributed by atoms with Crippen LogP contribution in [0.5, 0.6) is 0 Å². The van der Waals surface area contributed by atoms with E-state index >= 15 is 0 Å². The molecule has 2 heteroatoms. The monoisotopic (exact) mass is 491 g/mol. The van der Waals surface area contributed by atoms with E-state index in [2.05, 4.69) is 107 Å². The van der Waals surface area contributed by atoms with E-state index < -0.39 is 0 Å². The van der Waals surface area contributed by atoms with E-state index in [1.165, 1.54) is 79.6 Å². The fraction of sp³-hybridized carbons (Fsp3) is 0.400. The average molecular weight is 493 g/mol. The molecule has 3 rings (SSSR count). The minimum atomic E-state index is 1.11. The molecule has 0 heterocycles. The van der Waals surface area contributed by atoms with Crippen LogP contribution in [-0.4, -0.2) is 0 Å². The minimum Gasteiger partial charge on any atom is -0.309 e. The van der Waals surface area contributed by atoms with Crippen LogP contribution in [0.4, 0.5) is 17.1 Å². The molecule has 0 spiro atoms. The first-order chi connectivity index (χ1) is 15.7. The Balaban J connectivity index is 1.98. The Labute approximate surface area is 204 Å². The summed E-state index contributed by atoms with van der Waals surface area (Å²) in [5, 5.41) is 0. The third-order valence-electron chi connectivity index (χ3n) is 6.04. The van der Waals surface area contributed by atoms with E-state index in [9.17, 15) is 0 Å². The van der Waals surface area contributed by atoms with Crippen molar-refractivity contribution in [2.45, 2.75) is 78.1 Å². The van der Waals surface area contributed by atoms with Crippen LogP contribution in [0, 0.1) is 0 Å². The van der Waals surface area contributed by atoms with Crippen molar-refractivity contribution in [1.29, 1.82) is 0 Å². The standard InChI is InChI=1S/C30H38BrN/c1-3-5-7-10-16-25-22-26(17-11-8-6-4-2)24-28(23-25)32(27-18-12-9-13-19-27)30-21-15-14-20-29(30)31/h9,12-15,18-24H,3-8,10-11,16-17H2,1-2H3. The van der Waals surface area contributed by atoms with Crippen LogP contribution in [0.25, 0.3) is 0 Å². The van der Waals surface area contributed by atoms with Gasteiger partial charge in [0, 0.05) is 15.8 Å². The van der Waals surface area contributed by atoms with Gasteiger partial charge in [0.1, 0.15) is 0 Å². The Morgan fingerprint density at radius 1 is 0.594 bits per heavy atom. The van der Waals surface area contributed by atoms with Gasteiger partial charge in [0.2, 0.25) is 0 Å². The highest BCUT2D eigenvalue weighted by Gasteiger charge is 2.16. The lowest BCUT2D eigenvalue weighted by molar-refractivity contribution is 0.661. The third kappa shape index (κ3) is 7.24. The first-order valence-electron chi connectivity index (χ1n) is 12.5. The normalized spacial score (nSPS) is 11.0. The Morgan fingerprint density at radius 3 is 1.72 bits per heavy atom. The lowest BCUT2D eigenvalue weighted by Gasteiger charge is -2.27. The molecule has 3 aromatic rings. The SMILES string of the molecule is CCCCCCc1cc(CCCCCC)cc(N(c2ccccc2)c2ccccc2Br)c1. The largest absolute Gasteiger partial charge is 0.309 e. The summed E-state index contributed by atoms with van der Waals surface area (Å²) in [6.07, 6.45) is 12.7. The molecule has 0 radical (unpaired) electrons. The van der Waals surface area contributed by atoms with Gasteiger partial charge in [-0.2, -0.15) is 0 Å². The van der Waals surface area contributed by atoms with Gasteiger partial charge in [-0.25, -0.2) is 0 Å². The number of anilines is 3. The van der Waals surface area contributed by atoms with E-state index in [4.69, 9.17) is 0 Å². The lowest BCUT2D eigenvalue weighted by atomic mass is 9.98. The maximum atomic E-state index is 3.81. The number of hydrogen-bond acceptors (Lipinski definition) is 1. The maximum Gasteiger partial charge on any atom is 0.0603 e. The zero-order chi connectivity index (χ0) is 22.6. The van der Waals surface area contributed by atoms with Gasteiger partial charge < -0.3 is 4.90 Å². The molecule has 32 heavy (non-hydrogen) atoms. The summed E-state index contributed by atoms with van der Waals surface area (Å²) in [5.41, 5.74) is 6.58. The molecule has 3 aromatic carbocycles. The number of unbranched alkanes of at least 4 members (excludes halogenated alkanes) is 6. The molecule has 0 atom stereocenters. The van der Waals surface area contributed by atoms with Gasteiger partial charge in [0.05, 0.1) is 5.69 Å². The van der Waals surface area contributed by atoms with E-state index in [-0.39, 0.29) is 0 Å². The van der Waals surface area contributed by atoms with Crippen molar-refractivity contribution < 1.29 is 0 Å². The molecule has 0 N–H and O–H groups in total. The molecule has 0 aliphatic carbocycles. The van der Waals surface area contributed by atoms with Crippen LogP contribution >= 0.6 is 15.9 Å². The molecule has 1 nitrogen and oxygen atoms in total. The van der Waals surface area contributed by atoms with Crippen LogP contribution in [0.3, 0.4) is 0 Å². The number of halogens is 1. The van der Waals surface area contributed by atoms with Gasteiger partial charge in [-0.15, -0.1) is 0 Å². The summed E-state index contributed by atoms with van der Waals surface area (Å²) in [7, 11) is 0. The van der Waals surface area contributed by atoms with Crippen LogP contribution in [-0.2, 0) is 12.8 Å². The highest BCUT2D eigenvalue weighted by Crippen LogP contribution is 2.39. The van der Waals surface area contributed by atoms with Gasteiger partial charge in [-0.1, -0.05) is 88.8 Å². The summed E-state index contributed by atoms with van der Waals surface area (Å²) >= 11 is 3.81. The quantitative estimate of drug-likeness (QED) is 0.215. The molecular formula is C30H38BrN. The number of benzene rings is 3. The van der Waals surface area contributed by atoms with Crippen molar-refractivity contribution in [2.24, 2.45) is 0 Å². The Bertz CT molecular complexity index is 904. The molecule has 0 saturated heterocycles. The van der Waals surface area contributed by atoms with Gasteiger partial charge in [-0.3, -0.25) is 0 Å². The summed E-state index contributed by atoms with van der Waals surface area (Å²) in [4.78, 5) is 2.40. The van der Waals surface area contributed by atoms with Crippen molar-refractivity contribution in [1.82, 2.24) is 0 Å². The predicted molar refractivity (Wildman–Crippen MR) is 145 cm³/mol. The first kappa shape index (κ1) is 24.6. The highest BCUT2D eigenvalue weighted by atomic mass is 79.9. The molecular weight excluding hydrogens is 454 g/mol. The zero-order valence-corrected chi connectivity index (χ0v) is 21.4. The molecule has 0 amide bonds. The van der Waals surface area contributed by atoms with E-state index in [0.29, 0.717) is 0 Å². The number of nitrogens with zero attached hydrogens (tertiary/aromatic N) is 1. The summed E-state index contributed by atoms with van der Waals surface area (Å²) in [6, 6.07) is 26.6.